The highest BCUT2D eigenvalue weighted by molar-refractivity contribution is 7.47. The predicted molar refractivity (Wildman–Crippen MR) is 104 cm³/mol. The number of benzene rings is 2. The summed E-state index contributed by atoms with van der Waals surface area (Å²) in [6, 6.07) is 11.5. The van der Waals surface area contributed by atoms with Crippen molar-refractivity contribution in [3.8, 4) is 17.2 Å². The maximum Gasteiger partial charge on any atom is 0.164 e. The third-order valence-corrected chi connectivity index (χ3v) is 5.94. The van der Waals surface area contributed by atoms with Crippen LogP contribution >= 0.6 is 8.58 Å². The average Bonchev–Trinajstić information content (AvgIpc) is 2.62. The lowest BCUT2D eigenvalue weighted by Gasteiger charge is -2.22. The summed E-state index contributed by atoms with van der Waals surface area (Å²) in [7, 11) is 3.58. The number of ether oxygens (including phenoxy) is 2. The van der Waals surface area contributed by atoms with E-state index in [0.29, 0.717) is 20.1 Å². The van der Waals surface area contributed by atoms with E-state index in [1.807, 2.05) is 24.3 Å². The minimum atomic E-state index is -0.514. The van der Waals surface area contributed by atoms with Crippen LogP contribution in [-0.2, 0) is 0 Å². The number of methoxy groups -OCH3 is 2. The third-order valence-electron chi connectivity index (χ3n) is 4.23. The van der Waals surface area contributed by atoms with Crippen LogP contribution < -0.4 is 14.8 Å². The van der Waals surface area contributed by atoms with Crippen molar-refractivity contribution >= 4 is 13.9 Å². The summed E-state index contributed by atoms with van der Waals surface area (Å²) >= 11 is 0. The lowest BCUT2D eigenvalue weighted by Crippen LogP contribution is -2.10. The molecule has 2 aromatic carbocycles. The monoisotopic (exact) mass is 362 g/mol. The third kappa shape index (κ3) is 4.65. The maximum atomic E-state index is 10.6. The molecule has 0 saturated heterocycles. The van der Waals surface area contributed by atoms with Gasteiger partial charge in [0.25, 0.3) is 0 Å². The Bertz CT molecular complexity index is 700. The van der Waals surface area contributed by atoms with Crippen molar-refractivity contribution in [2.75, 3.05) is 14.2 Å². The first kappa shape index (κ1) is 19.6. The maximum absolute atomic E-state index is 10.6. The SMILES string of the molecule is CCCC(Pc1ccccc1C(C)O)c1cc(OC)cc(OC)c1O. The zero-order chi connectivity index (χ0) is 18.4. The molecule has 2 aromatic rings. The molecule has 0 radical (unpaired) electrons. The molecule has 0 bridgehead atoms. The molecule has 0 aliphatic heterocycles. The van der Waals surface area contributed by atoms with Crippen molar-refractivity contribution < 1.29 is 19.7 Å². The molecule has 3 atom stereocenters. The fourth-order valence-electron chi connectivity index (χ4n) is 2.92. The summed E-state index contributed by atoms with van der Waals surface area (Å²) < 4.78 is 10.7. The highest BCUT2D eigenvalue weighted by atomic mass is 31.1. The van der Waals surface area contributed by atoms with Gasteiger partial charge in [0.15, 0.2) is 11.5 Å². The van der Waals surface area contributed by atoms with E-state index in [9.17, 15) is 10.2 Å². The topological polar surface area (TPSA) is 58.9 Å². The molecule has 2 rings (SSSR count). The smallest absolute Gasteiger partial charge is 0.164 e. The quantitative estimate of drug-likeness (QED) is 0.687. The van der Waals surface area contributed by atoms with E-state index in [1.54, 1.807) is 20.1 Å². The van der Waals surface area contributed by atoms with Crippen molar-refractivity contribution in [1.29, 1.82) is 0 Å². The van der Waals surface area contributed by atoms with E-state index in [-0.39, 0.29) is 11.4 Å². The fraction of sp³-hybridized carbons (Fsp3) is 0.400. The molecule has 0 aromatic heterocycles. The van der Waals surface area contributed by atoms with Gasteiger partial charge in [-0.3, -0.25) is 0 Å². The molecule has 0 heterocycles. The minimum Gasteiger partial charge on any atom is -0.504 e. The highest BCUT2D eigenvalue weighted by Crippen LogP contribution is 2.47. The van der Waals surface area contributed by atoms with Crippen LogP contribution in [-0.4, -0.2) is 24.4 Å². The van der Waals surface area contributed by atoms with Gasteiger partial charge in [-0.1, -0.05) is 46.2 Å². The number of aliphatic hydroxyl groups is 1. The lowest BCUT2D eigenvalue weighted by atomic mass is 10.1. The standard InChI is InChI=1S/C20H27O4P/c1-5-8-18(25-19-10-7-6-9-15(19)13(2)21)16-11-14(23-3)12-17(24-4)20(16)22/h6-7,9-13,18,21-22,25H,5,8H2,1-4H3. The van der Waals surface area contributed by atoms with Crippen LogP contribution in [0.2, 0.25) is 0 Å². The molecule has 3 unspecified atom stereocenters. The van der Waals surface area contributed by atoms with E-state index in [4.69, 9.17) is 9.47 Å². The van der Waals surface area contributed by atoms with Crippen LogP contribution in [0.25, 0.3) is 0 Å². The summed E-state index contributed by atoms with van der Waals surface area (Å²) in [5.41, 5.74) is 1.90. The molecule has 4 nitrogen and oxygen atoms in total. The van der Waals surface area contributed by atoms with Gasteiger partial charge in [0, 0.05) is 17.3 Å². The molecule has 2 N–H and O–H groups in total. The van der Waals surface area contributed by atoms with Gasteiger partial charge < -0.3 is 19.7 Å². The van der Waals surface area contributed by atoms with Gasteiger partial charge in [-0.2, -0.15) is 0 Å². The fourth-order valence-corrected chi connectivity index (χ4v) is 4.75. The summed E-state index contributed by atoms with van der Waals surface area (Å²) in [6.07, 6.45) is 1.41. The molecular weight excluding hydrogens is 335 g/mol. The van der Waals surface area contributed by atoms with Gasteiger partial charge in [0.2, 0.25) is 0 Å². The Balaban J connectivity index is 2.46. The summed E-state index contributed by atoms with van der Waals surface area (Å²) in [4.78, 5) is 0. The van der Waals surface area contributed by atoms with E-state index in [1.165, 1.54) is 7.11 Å². The van der Waals surface area contributed by atoms with Crippen LogP contribution in [0.3, 0.4) is 0 Å². The summed E-state index contributed by atoms with van der Waals surface area (Å²) in [5.74, 6) is 1.26. The lowest BCUT2D eigenvalue weighted by molar-refractivity contribution is 0.200. The number of hydrogen-bond donors (Lipinski definition) is 2. The Morgan fingerprint density at radius 1 is 1.08 bits per heavy atom. The second-order valence-corrected chi connectivity index (χ2v) is 7.54. The Hall–Kier alpha value is -1.77. The second-order valence-electron chi connectivity index (χ2n) is 6.02. The average molecular weight is 362 g/mol. The van der Waals surface area contributed by atoms with Gasteiger partial charge >= 0.3 is 0 Å². The summed E-state index contributed by atoms with van der Waals surface area (Å²) in [6.45, 7) is 3.91. The van der Waals surface area contributed by atoms with E-state index in [2.05, 4.69) is 13.0 Å². The Labute approximate surface area is 151 Å². The number of aromatic hydroxyl groups is 1. The first-order chi connectivity index (χ1) is 12.0. The van der Waals surface area contributed by atoms with Crippen molar-refractivity contribution in [2.45, 2.75) is 38.5 Å². The number of rotatable bonds is 8. The minimum absolute atomic E-state index is 0.133. The highest BCUT2D eigenvalue weighted by Gasteiger charge is 2.21. The van der Waals surface area contributed by atoms with Crippen LogP contribution in [0, 0.1) is 0 Å². The normalized spacial score (nSPS) is 13.8. The molecule has 25 heavy (non-hydrogen) atoms. The van der Waals surface area contributed by atoms with Crippen molar-refractivity contribution in [3.63, 3.8) is 0 Å². The molecule has 0 aliphatic carbocycles. The molecular formula is C20H27O4P. The molecule has 5 heteroatoms. The predicted octanol–water partition coefficient (Wildman–Crippen LogP) is 4.31. The van der Waals surface area contributed by atoms with E-state index >= 15 is 0 Å². The molecule has 0 fully saturated rings. The van der Waals surface area contributed by atoms with Crippen molar-refractivity contribution in [2.24, 2.45) is 0 Å². The number of phenolic OH excluding ortho intramolecular Hbond substituents is 1. The number of aliphatic hydroxyl groups excluding tert-OH is 1. The molecule has 0 amide bonds. The van der Waals surface area contributed by atoms with Crippen LogP contribution in [0.15, 0.2) is 36.4 Å². The van der Waals surface area contributed by atoms with Crippen LogP contribution in [0.1, 0.15) is 49.6 Å². The van der Waals surface area contributed by atoms with Gasteiger partial charge in [-0.25, -0.2) is 0 Å². The number of hydrogen-bond acceptors (Lipinski definition) is 4. The largest absolute Gasteiger partial charge is 0.504 e. The zero-order valence-electron chi connectivity index (χ0n) is 15.2. The first-order valence-electron chi connectivity index (χ1n) is 8.50. The van der Waals surface area contributed by atoms with Gasteiger partial charge in [-0.15, -0.1) is 0 Å². The first-order valence-corrected chi connectivity index (χ1v) is 9.57. The van der Waals surface area contributed by atoms with Crippen LogP contribution in [0.5, 0.6) is 17.2 Å². The Morgan fingerprint density at radius 3 is 2.40 bits per heavy atom. The number of phenols is 1. The van der Waals surface area contributed by atoms with Crippen LogP contribution in [0.4, 0.5) is 0 Å². The Morgan fingerprint density at radius 2 is 1.80 bits per heavy atom. The van der Waals surface area contributed by atoms with Gasteiger partial charge in [0.1, 0.15) is 5.75 Å². The second kappa shape index (κ2) is 9.07. The molecule has 0 saturated carbocycles. The van der Waals surface area contributed by atoms with Gasteiger partial charge in [0.05, 0.1) is 20.3 Å². The van der Waals surface area contributed by atoms with Crippen molar-refractivity contribution in [1.82, 2.24) is 0 Å². The van der Waals surface area contributed by atoms with E-state index < -0.39 is 6.10 Å². The van der Waals surface area contributed by atoms with Gasteiger partial charge in [-0.05, 0) is 30.3 Å². The molecule has 0 aliphatic rings. The zero-order valence-corrected chi connectivity index (χ0v) is 16.2. The van der Waals surface area contributed by atoms with Crippen molar-refractivity contribution in [3.05, 3.63) is 47.5 Å². The summed E-state index contributed by atoms with van der Waals surface area (Å²) in [5, 5.41) is 21.8. The molecule has 136 valence electrons. The van der Waals surface area contributed by atoms with E-state index in [0.717, 1.165) is 29.3 Å². The molecule has 0 spiro atoms. The Kier molecular flexibility index (Phi) is 7.10.